The van der Waals surface area contributed by atoms with Crippen LogP contribution in [0.5, 0.6) is 0 Å². The molecule has 0 aromatic heterocycles. The van der Waals surface area contributed by atoms with E-state index in [9.17, 15) is 9.90 Å². The van der Waals surface area contributed by atoms with Gasteiger partial charge in [0.1, 0.15) is 6.61 Å². The van der Waals surface area contributed by atoms with Crippen molar-refractivity contribution in [2.24, 2.45) is 0 Å². The van der Waals surface area contributed by atoms with Crippen LogP contribution in [0.15, 0.2) is 30.3 Å². The lowest BCUT2D eigenvalue weighted by Crippen LogP contribution is -2.65. The highest BCUT2D eigenvalue weighted by atomic mass is 16.6. The highest BCUT2D eigenvalue weighted by Gasteiger charge is 2.51. The second-order valence-corrected chi connectivity index (χ2v) is 5.70. The van der Waals surface area contributed by atoms with E-state index >= 15 is 0 Å². The number of carbonyl (C=O) groups is 1. The van der Waals surface area contributed by atoms with E-state index in [1.165, 1.54) is 0 Å². The van der Waals surface area contributed by atoms with Crippen LogP contribution in [-0.4, -0.2) is 47.5 Å². The van der Waals surface area contributed by atoms with E-state index in [0.717, 1.165) is 24.8 Å². The molecule has 1 saturated heterocycles. The van der Waals surface area contributed by atoms with Crippen molar-refractivity contribution in [3.8, 4) is 0 Å². The van der Waals surface area contributed by atoms with Crippen LogP contribution in [0.3, 0.4) is 0 Å². The van der Waals surface area contributed by atoms with Crippen LogP contribution in [0.1, 0.15) is 24.8 Å². The Balaban J connectivity index is 1.63. The molecule has 1 aliphatic carbocycles. The lowest BCUT2D eigenvalue weighted by atomic mass is 9.73. The minimum absolute atomic E-state index is 0.0829. The molecule has 5 heteroatoms. The Morgan fingerprint density at radius 3 is 2.76 bits per heavy atom. The summed E-state index contributed by atoms with van der Waals surface area (Å²) in [4.78, 5) is 13.9. The van der Waals surface area contributed by atoms with Crippen molar-refractivity contribution in [3.63, 3.8) is 0 Å². The first-order chi connectivity index (χ1) is 10.2. The lowest BCUT2D eigenvalue weighted by molar-refractivity contribution is -0.188. The Bertz CT molecular complexity index is 486. The van der Waals surface area contributed by atoms with E-state index in [1.54, 1.807) is 4.90 Å². The molecule has 1 aliphatic heterocycles. The molecule has 2 aliphatic rings. The number of amides is 1. The normalized spacial score (nSPS) is 23.7. The largest absolute Gasteiger partial charge is 0.445 e. The van der Waals surface area contributed by atoms with Crippen LogP contribution in [0, 0.1) is 0 Å². The topological polar surface area (TPSA) is 59.0 Å². The van der Waals surface area contributed by atoms with Crippen molar-refractivity contribution in [1.82, 2.24) is 4.90 Å². The van der Waals surface area contributed by atoms with Gasteiger partial charge in [0.05, 0.1) is 24.9 Å². The second-order valence-electron chi connectivity index (χ2n) is 5.70. The smallest absolute Gasteiger partial charge is 0.410 e. The predicted octanol–water partition coefficient (Wildman–Crippen LogP) is 1.94. The third-order valence-corrected chi connectivity index (χ3v) is 4.52. The van der Waals surface area contributed by atoms with Crippen LogP contribution in [0.2, 0.25) is 0 Å². The monoisotopic (exact) mass is 291 g/mol. The fourth-order valence-corrected chi connectivity index (χ4v) is 3.17. The van der Waals surface area contributed by atoms with E-state index < -0.39 is 0 Å². The summed E-state index contributed by atoms with van der Waals surface area (Å²) in [5, 5.41) is 9.67. The molecule has 1 heterocycles. The van der Waals surface area contributed by atoms with Gasteiger partial charge in [0.25, 0.3) is 0 Å². The molecule has 114 valence electrons. The molecule has 3 rings (SSSR count). The summed E-state index contributed by atoms with van der Waals surface area (Å²) in [5.74, 6) is 0. The molecule has 1 amide bonds. The summed E-state index contributed by atoms with van der Waals surface area (Å²) in [7, 11) is 0. The Morgan fingerprint density at radius 1 is 1.38 bits per heavy atom. The summed E-state index contributed by atoms with van der Waals surface area (Å²) in [6, 6.07) is 9.31. The number of ether oxygens (including phenoxy) is 2. The van der Waals surface area contributed by atoms with Crippen molar-refractivity contribution >= 4 is 6.09 Å². The summed E-state index contributed by atoms with van der Waals surface area (Å²) in [6.07, 6.45) is 2.53. The summed E-state index contributed by atoms with van der Waals surface area (Å²) >= 11 is 0. The van der Waals surface area contributed by atoms with Gasteiger partial charge in [-0.2, -0.15) is 0 Å². The first-order valence-electron chi connectivity index (χ1n) is 7.47. The standard InChI is InChI=1S/C16H21NO4/c18-11-14-16(7-4-8-16)21-10-9-17(14)15(19)20-12-13-5-2-1-3-6-13/h1-3,5-6,14,18H,4,7-12H2. The van der Waals surface area contributed by atoms with Crippen LogP contribution < -0.4 is 0 Å². The third-order valence-electron chi connectivity index (χ3n) is 4.52. The molecule has 2 fully saturated rings. The molecule has 1 unspecified atom stereocenters. The average molecular weight is 291 g/mol. The minimum Gasteiger partial charge on any atom is -0.445 e. The van der Waals surface area contributed by atoms with E-state index in [-0.39, 0.29) is 30.9 Å². The van der Waals surface area contributed by atoms with E-state index in [2.05, 4.69) is 0 Å². The van der Waals surface area contributed by atoms with Gasteiger partial charge in [0.2, 0.25) is 0 Å². The van der Waals surface area contributed by atoms with Crippen LogP contribution in [-0.2, 0) is 16.1 Å². The molecule has 1 saturated carbocycles. The average Bonchev–Trinajstić information content (AvgIpc) is 2.51. The molecule has 1 aromatic rings. The van der Waals surface area contributed by atoms with Gasteiger partial charge in [0.15, 0.2) is 0 Å². The number of benzene rings is 1. The molecule has 0 bridgehead atoms. The fourth-order valence-electron chi connectivity index (χ4n) is 3.17. The number of aliphatic hydroxyl groups is 1. The molecule has 1 spiro atoms. The Hall–Kier alpha value is -1.59. The molecule has 1 aromatic carbocycles. The van der Waals surface area contributed by atoms with E-state index in [1.807, 2.05) is 30.3 Å². The van der Waals surface area contributed by atoms with Gasteiger partial charge in [-0.1, -0.05) is 30.3 Å². The minimum atomic E-state index is -0.368. The van der Waals surface area contributed by atoms with Gasteiger partial charge in [-0.15, -0.1) is 0 Å². The van der Waals surface area contributed by atoms with Crippen molar-refractivity contribution in [2.45, 2.75) is 37.5 Å². The maximum atomic E-state index is 12.3. The SMILES string of the molecule is O=C(OCc1ccccc1)N1CCOC2(CCC2)C1CO. The van der Waals surface area contributed by atoms with Gasteiger partial charge in [-0.25, -0.2) is 4.79 Å². The van der Waals surface area contributed by atoms with E-state index in [4.69, 9.17) is 9.47 Å². The lowest BCUT2D eigenvalue weighted by Gasteiger charge is -2.53. The Labute approximate surface area is 124 Å². The zero-order valence-electron chi connectivity index (χ0n) is 12.0. The maximum Gasteiger partial charge on any atom is 0.410 e. The molecule has 0 radical (unpaired) electrons. The number of morpholine rings is 1. The molecule has 1 atom stereocenters. The third kappa shape index (κ3) is 2.76. The summed E-state index contributed by atoms with van der Waals surface area (Å²) in [5.41, 5.74) is 0.608. The van der Waals surface area contributed by atoms with Crippen LogP contribution in [0.25, 0.3) is 0 Å². The molecule has 21 heavy (non-hydrogen) atoms. The maximum absolute atomic E-state index is 12.3. The molecular formula is C16H21NO4. The second kappa shape index (κ2) is 6.03. The highest BCUT2D eigenvalue weighted by molar-refractivity contribution is 5.68. The van der Waals surface area contributed by atoms with Crippen molar-refractivity contribution in [2.75, 3.05) is 19.8 Å². The first kappa shape index (κ1) is 14.4. The first-order valence-corrected chi connectivity index (χ1v) is 7.47. The predicted molar refractivity (Wildman–Crippen MR) is 76.7 cm³/mol. The van der Waals surface area contributed by atoms with Crippen LogP contribution >= 0.6 is 0 Å². The van der Waals surface area contributed by atoms with Crippen molar-refractivity contribution in [3.05, 3.63) is 35.9 Å². The number of aliphatic hydroxyl groups excluding tert-OH is 1. The quantitative estimate of drug-likeness (QED) is 0.924. The number of hydrogen-bond acceptors (Lipinski definition) is 4. The number of nitrogens with zero attached hydrogens (tertiary/aromatic N) is 1. The zero-order chi connectivity index (χ0) is 14.7. The molecule has 1 N–H and O–H groups in total. The Morgan fingerprint density at radius 2 is 2.14 bits per heavy atom. The molecule has 5 nitrogen and oxygen atoms in total. The van der Waals surface area contributed by atoms with Gasteiger partial charge in [-0.05, 0) is 24.8 Å². The summed E-state index contributed by atoms with van der Waals surface area (Å²) in [6.45, 7) is 1.15. The molecular weight excluding hydrogens is 270 g/mol. The summed E-state index contributed by atoms with van der Waals surface area (Å²) < 4.78 is 11.2. The Kier molecular flexibility index (Phi) is 4.12. The van der Waals surface area contributed by atoms with Gasteiger partial charge in [0, 0.05) is 6.54 Å². The van der Waals surface area contributed by atoms with Gasteiger partial charge >= 0.3 is 6.09 Å². The van der Waals surface area contributed by atoms with Crippen molar-refractivity contribution < 1.29 is 19.4 Å². The van der Waals surface area contributed by atoms with Crippen molar-refractivity contribution in [1.29, 1.82) is 0 Å². The number of rotatable bonds is 3. The van der Waals surface area contributed by atoms with Crippen LogP contribution in [0.4, 0.5) is 4.79 Å². The fraction of sp³-hybridized carbons (Fsp3) is 0.562. The number of hydrogen-bond donors (Lipinski definition) is 1. The number of carbonyl (C=O) groups excluding carboxylic acids is 1. The van der Waals surface area contributed by atoms with Gasteiger partial charge < -0.3 is 14.6 Å². The van der Waals surface area contributed by atoms with Gasteiger partial charge in [-0.3, -0.25) is 4.90 Å². The highest BCUT2D eigenvalue weighted by Crippen LogP contribution is 2.42. The van der Waals surface area contributed by atoms with E-state index in [0.29, 0.717) is 13.2 Å². The zero-order valence-corrected chi connectivity index (χ0v) is 12.0.